The Bertz CT molecular complexity index is 397. The molecule has 0 aromatic carbocycles. The molecule has 0 aliphatic carbocycles. The number of alkyl halides is 5. The van der Waals surface area contributed by atoms with E-state index < -0.39 is 24.2 Å². The van der Waals surface area contributed by atoms with E-state index in [0.717, 1.165) is 0 Å². The summed E-state index contributed by atoms with van der Waals surface area (Å²) in [6.07, 6.45) is -8.26. The van der Waals surface area contributed by atoms with Gasteiger partial charge < -0.3 is 4.74 Å². The van der Waals surface area contributed by atoms with Crippen LogP contribution in [0.3, 0.4) is 0 Å². The van der Waals surface area contributed by atoms with E-state index in [9.17, 15) is 22.0 Å². The minimum Gasteiger partial charge on any atom is -0.387 e. The molecule has 2 nitrogen and oxygen atoms in total. The number of rotatable bonds is 2. The fourth-order valence-electron chi connectivity index (χ4n) is 0.813. The summed E-state index contributed by atoms with van der Waals surface area (Å²) in [4.78, 5) is 3.14. The van der Waals surface area contributed by atoms with Crippen molar-refractivity contribution >= 4 is 27.5 Å². The maximum atomic E-state index is 12.4. The smallest absolute Gasteiger partial charge is 0.387 e. The van der Waals surface area contributed by atoms with Gasteiger partial charge in [0.25, 0.3) is 6.43 Å². The van der Waals surface area contributed by atoms with Crippen molar-refractivity contribution in [3.63, 3.8) is 0 Å². The molecule has 1 rings (SSSR count). The molecule has 1 heterocycles. The van der Waals surface area contributed by atoms with Gasteiger partial charge in [-0.3, -0.25) is 0 Å². The molecule has 0 unspecified atom stereocenters. The van der Waals surface area contributed by atoms with Crippen molar-refractivity contribution in [3.05, 3.63) is 21.3 Å². The molecule has 90 valence electrons. The van der Waals surface area contributed by atoms with Crippen LogP contribution in [0, 0.1) is 0 Å². The zero-order valence-corrected chi connectivity index (χ0v) is 9.50. The summed E-state index contributed by atoms with van der Waals surface area (Å²) < 4.78 is 63.4. The van der Waals surface area contributed by atoms with Gasteiger partial charge in [0.15, 0.2) is 0 Å². The number of hydrogen-bond donors (Lipinski definition) is 0. The van der Waals surface area contributed by atoms with Crippen LogP contribution in [0.2, 0.25) is 5.02 Å². The average molecular weight is 326 g/mol. The maximum absolute atomic E-state index is 12.4. The Hall–Kier alpha value is -0.630. The summed E-state index contributed by atoms with van der Waals surface area (Å²) in [5.41, 5.74) is -1.02. The summed E-state index contributed by atoms with van der Waals surface area (Å²) in [6, 6.07) is 0.657. The summed E-state index contributed by atoms with van der Waals surface area (Å²) in [6.45, 7) is 0. The number of ether oxygens (including phenoxy) is 1. The van der Waals surface area contributed by atoms with Crippen molar-refractivity contribution in [2.75, 3.05) is 0 Å². The highest BCUT2D eigenvalue weighted by atomic mass is 79.9. The topological polar surface area (TPSA) is 22.1 Å². The minimum atomic E-state index is -5.09. The highest BCUT2D eigenvalue weighted by molar-refractivity contribution is 9.10. The van der Waals surface area contributed by atoms with Crippen molar-refractivity contribution in [1.82, 2.24) is 4.98 Å². The van der Waals surface area contributed by atoms with Crippen molar-refractivity contribution in [1.29, 1.82) is 0 Å². The van der Waals surface area contributed by atoms with Gasteiger partial charge in [0, 0.05) is 0 Å². The monoisotopic (exact) mass is 325 g/mol. The molecule has 0 atom stereocenters. The molecule has 0 aliphatic heterocycles. The van der Waals surface area contributed by atoms with E-state index in [2.05, 4.69) is 25.7 Å². The number of halogens is 7. The molecule has 1 aromatic heterocycles. The van der Waals surface area contributed by atoms with E-state index in [1.165, 1.54) is 0 Å². The van der Waals surface area contributed by atoms with E-state index in [-0.39, 0.29) is 9.63 Å². The SMILES string of the molecule is FC(F)c1cc(Cl)c(Br)nc1OC(F)(F)F. The van der Waals surface area contributed by atoms with Crippen molar-refractivity contribution < 1.29 is 26.7 Å². The lowest BCUT2D eigenvalue weighted by molar-refractivity contribution is -0.276. The van der Waals surface area contributed by atoms with Gasteiger partial charge in [0.05, 0.1) is 10.6 Å². The van der Waals surface area contributed by atoms with Gasteiger partial charge >= 0.3 is 6.36 Å². The zero-order chi connectivity index (χ0) is 12.5. The Labute approximate surface area is 99.5 Å². The Balaban J connectivity index is 3.20. The van der Waals surface area contributed by atoms with Crippen LogP contribution in [-0.4, -0.2) is 11.3 Å². The number of nitrogens with zero attached hydrogens (tertiary/aromatic N) is 1. The fourth-order valence-corrected chi connectivity index (χ4v) is 1.25. The summed E-state index contributed by atoms with van der Waals surface area (Å²) >= 11 is 8.12. The summed E-state index contributed by atoms with van der Waals surface area (Å²) in [5, 5.41) is -0.232. The van der Waals surface area contributed by atoms with Gasteiger partial charge in [0.1, 0.15) is 4.60 Å². The molecule has 0 amide bonds. The molecule has 0 fully saturated rings. The van der Waals surface area contributed by atoms with Gasteiger partial charge in [-0.05, 0) is 22.0 Å². The van der Waals surface area contributed by atoms with E-state index in [0.29, 0.717) is 6.07 Å². The molecule has 1 aromatic rings. The molecule has 0 N–H and O–H groups in total. The first kappa shape index (κ1) is 13.4. The number of hydrogen-bond acceptors (Lipinski definition) is 2. The summed E-state index contributed by atoms with van der Waals surface area (Å²) in [7, 11) is 0. The third kappa shape index (κ3) is 3.44. The number of aromatic nitrogens is 1. The van der Waals surface area contributed by atoms with Crippen LogP contribution < -0.4 is 4.74 Å². The first-order chi connectivity index (χ1) is 7.20. The molecule has 0 saturated heterocycles. The Morgan fingerprint density at radius 2 is 1.94 bits per heavy atom. The van der Waals surface area contributed by atoms with E-state index in [1.54, 1.807) is 0 Å². The Morgan fingerprint density at radius 3 is 2.38 bits per heavy atom. The van der Waals surface area contributed by atoms with Crippen LogP contribution in [0.4, 0.5) is 22.0 Å². The molecule has 0 radical (unpaired) electrons. The number of pyridine rings is 1. The first-order valence-electron chi connectivity index (χ1n) is 3.60. The highest BCUT2D eigenvalue weighted by Crippen LogP contribution is 2.35. The second-order valence-electron chi connectivity index (χ2n) is 2.50. The molecule has 0 bridgehead atoms. The Kier molecular flexibility index (Phi) is 3.95. The highest BCUT2D eigenvalue weighted by Gasteiger charge is 2.34. The maximum Gasteiger partial charge on any atom is 0.574 e. The molecule has 9 heteroatoms. The predicted molar refractivity (Wildman–Crippen MR) is 48.6 cm³/mol. The summed E-state index contributed by atoms with van der Waals surface area (Å²) in [5.74, 6) is -1.22. The second-order valence-corrected chi connectivity index (χ2v) is 3.66. The third-order valence-corrected chi connectivity index (χ3v) is 2.49. The largest absolute Gasteiger partial charge is 0.574 e. The first-order valence-corrected chi connectivity index (χ1v) is 4.77. The quantitative estimate of drug-likeness (QED) is 0.596. The van der Waals surface area contributed by atoms with Crippen molar-refractivity contribution in [3.8, 4) is 5.88 Å². The van der Waals surface area contributed by atoms with Gasteiger partial charge in [-0.2, -0.15) is 0 Å². The van der Waals surface area contributed by atoms with Crippen LogP contribution in [0.1, 0.15) is 12.0 Å². The van der Waals surface area contributed by atoms with Crippen LogP contribution in [0.25, 0.3) is 0 Å². The van der Waals surface area contributed by atoms with Gasteiger partial charge in [-0.15, -0.1) is 13.2 Å². The molecule has 0 saturated carbocycles. The van der Waals surface area contributed by atoms with Gasteiger partial charge in [0.2, 0.25) is 5.88 Å². The van der Waals surface area contributed by atoms with E-state index >= 15 is 0 Å². The zero-order valence-electron chi connectivity index (χ0n) is 7.16. The Morgan fingerprint density at radius 1 is 1.38 bits per heavy atom. The lowest BCUT2D eigenvalue weighted by Gasteiger charge is -2.12. The van der Waals surface area contributed by atoms with Crippen LogP contribution in [-0.2, 0) is 0 Å². The van der Waals surface area contributed by atoms with Crippen LogP contribution in [0.15, 0.2) is 10.7 Å². The van der Waals surface area contributed by atoms with Crippen molar-refractivity contribution in [2.24, 2.45) is 0 Å². The lowest BCUT2D eigenvalue weighted by atomic mass is 10.3. The molecule has 16 heavy (non-hydrogen) atoms. The van der Waals surface area contributed by atoms with Gasteiger partial charge in [-0.1, -0.05) is 11.6 Å². The molecular weight excluding hydrogens is 324 g/mol. The molecular formula is C7H2BrClF5NO. The molecule has 0 spiro atoms. The van der Waals surface area contributed by atoms with Gasteiger partial charge in [-0.25, -0.2) is 13.8 Å². The van der Waals surface area contributed by atoms with E-state index in [4.69, 9.17) is 11.6 Å². The molecule has 0 aliphatic rings. The average Bonchev–Trinajstić information content (AvgIpc) is 2.07. The minimum absolute atomic E-state index is 0.210. The lowest BCUT2D eigenvalue weighted by Crippen LogP contribution is -2.19. The third-order valence-electron chi connectivity index (χ3n) is 1.37. The van der Waals surface area contributed by atoms with Crippen molar-refractivity contribution in [2.45, 2.75) is 12.8 Å². The van der Waals surface area contributed by atoms with Crippen LogP contribution in [0.5, 0.6) is 5.88 Å². The standard InChI is InChI=1S/C7H2BrClF5NO/c8-4-3(9)1-2(5(10)11)6(15-4)16-7(12,13)14/h1,5H. The normalized spacial score (nSPS) is 12.0. The fraction of sp³-hybridized carbons (Fsp3) is 0.286. The second kappa shape index (κ2) is 4.70. The van der Waals surface area contributed by atoms with Crippen LogP contribution >= 0.6 is 27.5 Å². The van der Waals surface area contributed by atoms with E-state index in [1.807, 2.05) is 0 Å². The predicted octanol–water partition coefficient (Wildman–Crippen LogP) is 4.33.